The fourth-order valence-corrected chi connectivity index (χ4v) is 3.48. The summed E-state index contributed by atoms with van der Waals surface area (Å²) in [6.07, 6.45) is -7.04. The Morgan fingerprint density at radius 3 is 2.67 bits per heavy atom. The van der Waals surface area contributed by atoms with Crippen molar-refractivity contribution in [3.05, 3.63) is 47.7 Å². The molecule has 6 nitrogen and oxygen atoms in total. The van der Waals surface area contributed by atoms with E-state index in [1.54, 1.807) is 6.07 Å². The third-order valence-corrected chi connectivity index (χ3v) is 4.94. The third kappa shape index (κ3) is 6.27. The van der Waals surface area contributed by atoms with Crippen LogP contribution in [-0.2, 0) is 11.0 Å². The maximum atomic E-state index is 13.3. The number of piperidine rings is 1. The molecule has 0 bridgehead atoms. The van der Waals surface area contributed by atoms with Crippen LogP contribution in [0.5, 0.6) is 5.75 Å². The van der Waals surface area contributed by atoms with Crippen LogP contribution >= 0.6 is 0 Å². The molecule has 33 heavy (non-hydrogen) atoms. The molecule has 1 saturated heterocycles. The molecule has 2 heterocycles. The van der Waals surface area contributed by atoms with Crippen molar-refractivity contribution in [2.45, 2.75) is 25.2 Å². The summed E-state index contributed by atoms with van der Waals surface area (Å²) in [4.78, 5) is 18.0. The van der Waals surface area contributed by atoms with Gasteiger partial charge in [0.1, 0.15) is 17.6 Å². The van der Waals surface area contributed by atoms with Gasteiger partial charge in [0.2, 0.25) is 5.91 Å². The summed E-state index contributed by atoms with van der Waals surface area (Å²) in [5, 5.41) is 11.7. The van der Waals surface area contributed by atoms with Crippen LogP contribution in [0, 0.1) is 17.2 Å². The van der Waals surface area contributed by atoms with Gasteiger partial charge >= 0.3 is 12.4 Å². The fourth-order valence-electron chi connectivity index (χ4n) is 3.48. The Kier molecular flexibility index (Phi) is 7.00. The minimum atomic E-state index is -4.59. The number of nitriles is 1. The van der Waals surface area contributed by atoms with Gasteiger partial charge in [-0.2, -0.15) is 31.6 Å². The predicted molar refractivity (Wildman–Crippen MR) is 106 cm³/mol. The van der Waals surface area contributed by atoms with Crippen LogP contribution in [0.1, 0.15) is 24.0 Å². The number of amides is 1. The SMILES string of the molecule is N#Cc1cc(NC(=O)C2CCCN(c3ncccc3C(F)(F)F)C2)ccc1OCC(F)(F)F. The molecule has 0 aliphatic carbocycles. The van der Waals surface area contributed by atoms with Crippen LogP contribution in [0.3, 0.4) is 0 Å². The standard InChI is InChI=1S/C21H18F6N4O2/c22-20(23,24)12-33-17-6-5-15(9-14(17)10-28)30-19(32)13-3-2-8-31(11-13)18-16(21(25,26)27)4-1-7-29-18/h1,4-7,9,13H,2-3,8,11-12H2,(H,30,32). The number of nitrogens with one attached hydrogen (secondary N) is 1. The van der Waals surface area contributed by atoms with Gasteiger partial charge in [-0.15, -0.1) is 0 Å². The second-order valence-corrected chi connectivity index (χ2v) is 7.37. The van der Waals surface area contributed by atoms with E-state index in [0.717, 1.165) is 12.1 Å². The average molecular weight is 472 g/mol. The monoisotopic (exact) mass is 472 g/mol. The van der Waals surface area contributed by atoms with Crippen molar-refractivity contribution < 1.29 is 35.9 Å². The van der Waals surface area contributed by atoms with E-state index in [-0.39, 0.29) is 29.4 Å². The van der Waals surface area contributed by atoms with Gasteiger partial charge in [0.25, 0.3) is 0 Å². The molecule has 1 aromatic carbocycles. The predicted octanol–water partition coefficient (Wildman–Crippen LogP) is 4.77. The molecular weight excluding hydrogens is 454 g/mol. The highest BCUT2D eigenvalue weighted by Gasteiger charge is 2.37. The van der Waals surface area contributed by atoms with Crippen molar-refractivity contribution in [1.29, 1.82) is 5.26 Å². The van der Waals surface area contributed by atoms with E-state index in [2.05, 4.69) is 15.0 Å². The molecule has 1 atom stereocenters. The van der Waals surface area contributed by atoms with Crippen molar-refractivity contribution in [3.63, 3.8) is 0 Å². The van der Waals surface area contributed by atoms with Crippen LogP contribution in [0.25, 0.3) is 0 Å². The molecule has 176 valence electrons. The fraction of sp³-hybridized carbons (Fsp3) is 0.381. The Bertz CT molecular complexity index is 1050. The van der Waals surface area contributed by atoms with Gasteiger partial charge in [0.05, 0.1) is 17.0 Å². The lowest BCUT2D eigenvalue weighted by Gasteiger charge is -2.34. The Labute approximate surface area is 184 Å². The number of rotatable bonds is 5. The molecule has 1 aliphatic rings. The van der Waals surface area contributed by atoms with Crippen molar-refractivity contribution in [3.8, 4) is 11.8 Å². The number of carbonyl (C=O) groups excluding carboxylic acids is 1. The summed E-state index contributed by atoms with van der Waals surface area (Å²) < 4.78 is 81.6. The quantitative estimate of drug-likeness (QED) is 0.635. The highest BCUT2D eigenvalue weighted by atomic mass is 19.4. The highest BCUT2D eigenvalue weighted by Crippen LogP contribution is 2.36. The van der Waals surface area contributed by atoms with E-state index in [0.29, 0.717) is 19.4 Å². The van der Waals surface area contributed by atoms with Crippen molar-refractivity contribution in [2.75, 3.05) is 29.9 Å². The second kappa shape index (κ2) is 9.56. The Morgan fingerprint density at radius 2 is 2.00 bits per heavy atom. The number of hydrogen-bond donors (Lipinski definition) is 1. The molecule has 1 unspecified atom stereocenters. The van der Waals surface area contributed by atoms with Gasteiger partial charge in [-0.05, 0) is 43.2 Å². The van der Waals surface area contributed by atoms with Gasteiger partial charge in [-0.3, -0.25) is 4.79 Å². The number of hydrogen-bond acceptors (Lipinski definition) is 5. The largest absolute Gasteiger partial charge is 0.483 e. The molecule has 0 saturated carbocycles. The molecule has 1 aromatic heterocycles. The lowest BCUT2D eigenvalue weighted by molar-refractivity contribution is -0.153. The summed E-state index contributed by atoms with van der Waals surface area (Å²) >= 11 is 0. The Hall–Kier alpha value is -3.49. The zero-order valence-corrected chi connectivity index (χ0v) is 17.0. The number of carbonyl (C=O) groups is 1. The number of benzene rings is 1. The third-order valence-electron chi connectivity index (χ3n) is 4.94. The highest BCUT2D eigenvalue weighted by molar-refractivity contribution is 5.93. The smallest absolute Gasteiger partial charge is 0.422 e. The van der Waals surface area contributed by atoms with Gasteiger partial charge in [-0.25, -0.2) is 4.98 Å². The Morgan fingerprint density at radius 1 is 1.24 bits per heavy atom. The number of anilines is 2. The second-order valence-electron chi connectivity index (χ2n) is 7.37. The lowest BCUT2D eigenvalue weighted by atomic mass is 9.96. The van der Waals surface area contributed by atoms with Crippen LogP contribution in [0.4, 0.5) is 37.8 Å². The van der Waals surface area contributed by atoms with Crippen LogP contribution in [0.15, 0.2) is 36.5 Å². The van der Waals surface area contributed by atoms with E-state index in [4.69, 9.17) is 0 Å². The topological polar surface area (TPSA) is 78.3 Å². The first-order valence-electron chi connectivity index (χ1n) is 9.79. The first kappa shape index (κ1) is 24.2. The normalized spacial score (nSPS) is 16.8. The van der Waals surface area contributed by atoms with Crippen molar-refractivity contribution >= 4 is 17.4 Å². The van der Waals surface area contributed by atoms with Crippen LogP contribution in [0.2, 0.25) is 0 Å². The van der Waals surface area contributed by atoms with E-state index < -0.39 is 36.3 Å². The maximum absolute atomic E-state index is 13.3. The summed E-state index contributed by atoms with van der Waals surface area (Å²) in [6.45, 7) is -1.27. The summed E-state index contributed by atoms with van der Waals surface area (Å²) in [6, 6.07) is 7.42. The zero-order chi connectivity index (χ0) is 24.2. The molecule has 1 amide bonds. The zero-order valence-electron chi connectivity index (χ0n) is 17.0. The van der Waals surface area contributed by atoms with E-state index in [9.17, 15) is 36.4 Å². The summed E-state index contributed by atoms with van der Waals surface area (Å²) in [5.74, 6) is -1.68. The maximum Gasteiger partial charge on any atom is 0.422 e. The molecule has 1 fully saturated rings. The van der Waals surface area contributed by atoms with E-state index >= 15 is 0 Å². The molecule has 1 N–H and O–H groups in total. The van der Waals surface area contributed by atoms with Crippen LogP contribution in [-0.4, -0.2) is 36.8 Å². The number of alkyl halides is 6. The number of ether oxygens (including phenoxy) is 1. The minimum Gasteiger partial charge on any atom is -0.483 e. The molecule has 12 heteroatoms. The molecule has 0 spiro atoms. The van der Waals surface area contributed by atoms with Gasteiger partial charge in [0.15, 0.2) is 6.61 Å². The first-order chi connectivity index (χ1) is 15.5. The average Bonchev–Trinajstić information content (AvgIpc) is 2.77. The molecule has 3 rings (SSSR count). The summed E-state index contributed by atoms with van der Waals surface area (Å²) in [7, 11) is 0. The van der Waals surface area contributed by atoms with Crippen molar-refractivity contribution in [1.82, 2.24) is 4.98 Å². The molecule has 1 aliphatic heterocycles. The van der Waals surface area contributed by atoms with E-state index in [1.807, 2.05) is 0 Å². The van der Waals surface area contributed by atoms with Gasteiger partial charge in [-0.1, -0.05) is 0 Å². The van der Waals surface area contributed by atoms with E-state index in [1.165, 1.54) is 29.3 Å². The molecule has 2 aromatic rings. The number of pyridine rings is 1. The van der Waals surface area contributed by atoms with Gasteiger partial charge in [0, 0.05) is 25.0 Å². The number of nitrogens with zero attached hydrogens (tertiary/aromatic N) is 3. The molecular formula is C21H18F6N4O2. The molecule has 0 radical (unpaired) electrons. The van der Waals surface area contributed by atoms with Crippen LogP contribution < -0.4 is 15.0 Å². The number of halogens is 6. The van der Waals surface area contributed by atoms with Crippen molar-refractivity contribution in [2.24, 2.45) is 5.92 Å². The number of aromatic nitrogens is 1. The lowest BCUT2D eigenvalue weighted by Crippen LogP contribution is -2.42. The van der Waals surface area contributed by atoms with Gasteiger partial charge < -0.3 is 15.0 Å². The summed E-state index contributed by atoms with van der Waals surface area (Å²) in [5.41, 5.74) is -0.938. The first-order valence-corrected chi connectivity index (χ1v) is 9.79. The Balaban J connectivity index is 1.71. The minimum absolute atomic E-state index is 0.00378.